The molecule has 2 heterocycles. The highest BCUT2D eigenvalue weighted by molar-refractivity contribution is 5.79. The first-order valence-corrected chi connectivity index (χ1v) is 8.52. The molecule has 1 amide bonds. The van der Waals surface area contributed by atoms with Gasteiger partial charge in [0, 0.05) is 31.9 Å². The van der Waals surface area contributed by atoms with Gasteiger partial charge < -0.3 is 15.1 Å². The van der Waals surface area contributed by atoms with Crippen LogP contribution >= 0.6 is 0 Å². The van der Waals surface area contributed by atoms with Gasteiger partial charge in [-0.25, -0.2) is 0 Å². The van der Waals surface area contributed by atoms with Crippen molar-refractivity contribution in [2.45, 2.75) is 32.2 Å². The van der Waals surface area contributed by atoms with Crippen LogP contribution in [-0.4, -0.2) is 44.0 Å². The van der Waals surface area contributed by atoms with Gasteiger partial charge in [-0.1, -0.05) is 12.1 Å². The summed E-state index contributed by atoms with van der Waals surface area (Å²) in [6.07, 6.45) is 4.74. The van der Waals surface area contributed by atoms with Gasteiger partial charge in [0.05, 0.1) is 5.92 Å². The molecular weight excluding hydrogens is 274 g/mol. The number of likely N-dealkylation sites (tertiary alicyclic amines) is 1. The molecule has 2 fully saturated rings. The van der Waals surface area contributed by atoms with Crippen molar-refractivity contribution in [3.8, 4) is 0 Å². The molecule has 4 heteroatoms. The number of hydrogen-bond donors (Lipinski definition) is 1. The number of benzene rings is 1. The van der Waals surface area contributed by atoms with Crippen LogP contribution < -0.4 is 10.2 Å². The summed E-state index contributed by atoms with van der Waals surface area (Å²) in [5.41, 5.74) is 2.49. The number of piperidine rings is 1. The van der Waals surface area contributed by atoms with Gasteiger partial charge in [0.1, 0.15) is 0 Å². The van der Waals surface area contributed by atoms with Gasteiger partial charge in [-0.3, -0.25) is 4.79 Å². The summed E-state index contributed by atoms with van der Waals surface area (Å²) in [7, 11) is 2.09. The first kappa shape index (κ1) is 15.3. The van der Waals surface area contributed by atoms with Gasteiger partial charge in [0.25, 0.3) is 0 Å². The summed E-state index contributed by atoms with van der Waals surface area (Å²) in [5.74, 6) is 0.359. The molecular formula is C18H27N3O. The summed E-state index contributed by atoms with van der Waals surface area (Å²) in [6, 6.07) is 8.64. The molecule has 1 aromatic rings. The Morgan fingerprint density at radius 1 is 1.14 bits per heavy atom. The standard InChI is InChI=1S/C18H27N3O/c1-20-10-4-5-16(14-20)18(22)19-13-15-6-8-17(9-7-15)21-11-2-3-12-21/h6-9,16H,2-5,10-14H2,1H3,(H,19,22)/t16-/m1/s1. The molecule has 1 N–H and O–H groups in total. The van der Waals surface area contributed by atoms with Crippen LogP contribution in [0, 0.1) is 5.92 Å². The number of carbonyl (C=O) groups is 1. The van der Waals surface area contributed by atoms with E-state index in [2.05, 4.69) is 46.4 Å². The molecule has 1 atom stereocenters. The maximum atomic E-state index is 12.2. The Morgan fingerprint density at radius 2 is 1.86 bits per heavy atom. The molecule has 3 rings (SSSR count). The SMILES string of the molecule is CN1CCC[C@@H](C(=O)NCc2ccc(N3CCCC3)cc2)C1. The molecule has 4 nitrogen and oxygen atoms in total. The maximum Gasteiger partial charge on any atom is 0.224 e. The fraction of sp³-hybridized carbons (Fsp3) is 0.611. The number of hydrogen-bond acceptors (Lipinski definition) is 3. The molecule has 0 unspecified atom stereocenters. The van der Waals surface area contributed by atoms with E-state index in [0.29, 0.717) is 6.54 Å². The lowest BCUT2D eigenvalue weighted by molar-refractivity contribution is -0.126. The summed E-state index contributed by atoms with van der Waals surface area (Å²) < 4.78 is 0. The Balaban J connectivity index is 1.49. The molecule has 22 heavy (non-hydrogen) atoms. The van der Waals surface area contributed by atoms with Crippen LogP contribution in [0.2, 0.25) is 0 Å². The van der Waals surface area contributed by atoms with Crippen molar-refractivity contribution < 1.29 is 4.79 Å². The highest BCUT2D eigenvalue weighted by Gasteiger charge is 2.23. The van der Waals surface area contributed by atoms with Gasteiger partial charge in [0.15, 0.2) is 0 Å². The van der Waals surface area contributed by atoms with Crippen molar-refractivity contribution in [1.82, 2.24) is 10.2 Å². The number of anilines is 1. The van der Waals surface area contributed by atoms with Crippen LogP contribution in [0.15, 0.2) is 24.3 Å². The summed E-state index contributed by atoms with van der Waals surface area (Å²) in [4.78, 5) is 16.9. The maximum absolute atomic E-state index is 12.2. The third kappa shape index (κ3) is 3.80. The minimum atomic E-state index is 0.155. The van der Waals surface area contributed by atoms with Crippen molar-refractivity contribution >= 4 is 11.6 Å². The second-order valence-corrected chi connectivity index (χ2v) is 6.68. The molecule has 0 saturated carbocycles. The van der Waals surface area contributed by atoms with E-state index in [1.807, 2.05) is 0 Å². The Labute approximate surface area is 133 Å². The Kier molecular flexibility index (Phi) is 4.98. The van der Waals surface area contributed by atoms with Crippen LogP contribution in [-0.2, 0) is 11.3 Å². The predicted molar refractivity (Wildman–Crippen MR) is 90.0 cm³/mol. The van der Waals surface area contributed by atoms with E-state index in [1.165, 1.54) is 37.2 Å². The summed E-state index contributed by atoms with van der Waals surface area (Å²) in [6.45, 7) is 4.98. The van der Waals surface area contributed by atoms with E-state index in [9.17, 15) is 4.79 Å². The van der Waals surface area contributed by atoms with Crippen molar-refractivity contribution in [3.05, 3.63) is 29.8 Å². The van der Waals surface area contributed by atoms with Crippen LogP contribution in [0.4, 0.5) is 5.69 Å². The van der Waals surface area contributed by atoms with Gasteiger partial charge in [-0.2, -0.15) is 0 Å². The molecule has 2 aliphatic rings. The molecule has 0 aromatic heterocycles. The zero-order valence-electron chi connectivity index (χ0n) is 13.6. The highest BCUT2D eigenvalue weighted by Crippen LogP contribution is 2.20. The van der Waals surface area contributed by atoms with Crippen LogP contribution in [0.5, 0.6) is 0 Å². The number of amides is 1. The molecule has 0 bridgehead atoms. The van der Waals surface area contributed by atoms with Crippen LogP contribution in [0.1, 0.15) is 31.2 Å². The monoisotopic (exact) mass is 301 g/mol. The lowest BCUT2D eigenvalue weighted by Gasteiger charge is -2.28. The zero-order chi connectivity index (χ0) is 15.4. The van der Waals surface area contributed by atoms with Crippen LogP contribution in [0.3, 0.4) is 0 Å². The lowest BCUT2D eigenvalue weighted by Crippen LogP contribution is -2.41. The fourth-order valence-electron chi connectivity index (χ4n) is 3.51. The molecule has 1 aromatic carbocycles. The molecule has 0 spiro atoms. The third-order valence-corrected chi connectivity index (χ3v) is 4.87. The van der Waals surface area contributed by atoms with E-state index >= 15 is 0 Å². The Hall–Kier alpha value is -1.55. The van der Waals surface area contributed by atoms with Gasteiger partial charge in [0.2, 0.25) is 5.91 Å². The average Bonchev–Trinajstić information content (AvgIpc) is 3.07. The minimum Gasteiger partial charge on any atom is -0.372 e. The zero-order valence-corrected chi connectivity index (χ0v) is 13.6. The summed E-state index contributed by atoms with van der Waals surface area (Å²) >= 11 is 0. The van der Waals surface area contributed by atoms with Crippen molar-refractivity contribution in [3.63, 3.8) is 0 Å². The van der Waals surface area contributed by atoms with Gasteiger partial charge >= 0.3 is 0 Å². The molecule has 0 radical (unpaired) electrons. The molecule has 2 aliphatic heterocycles. The van der Waals surface area contributed by atoms with E-state index in [-0.39, 0.29) is 11.8 Å². The first-order valence-electron chi connectivity index (χ1n) is 8.52. The molecule has 0 aliphatic carbocycles. The first-order chi connectivity index (χ1) is 10.7. The minimum absolute atomic E-state index is 0.155. The Morgan fingerprint density at radius 3 is 2.55 bits per heavy atom. The largest absolute Gasteiger partial charge is 0.372 e. The predicted octanol–water partition coefficient (Wildman–Crippen LogP) is 2.24. The normalized spacial score (nSPS) is 22.8. The van der Waals surface area contributed by atoms with Gasteiger partial charge in [-0.15, -0.1) is 0 Å². The van der Waals surface area contributed by atoms with Crippen molar-refractivity contribution in [2.75, 3.05) is 38.1 Å². The summed E-state index contributed by atoms with van der Waals surface area (Å²) in [5, 5.41) is 3.10. The smallest absolute Gasteiger partial charge is 0.224 e. The van der Waals surface area contributed by atoms with E-state index < -0.39 is 0 Å². The van der Waals surface area contributed by atoms with E-state index in [4.69, 9.17) is 0 Å². The average molecular weight is 301 g/mol. The fourth-order valence-corrected chi connectivity index (χ4v) is 3.51. The van der Waals surface area contributed by atoms with Crippen LogP contribution in [0.25, 0.3) is 0 Å². The van der Waals surface area contributed by atoms with E-state index in [0.717, 1.165) is 25.9 Å². The number of carbonyl (C=O) groups excluding carboxylic acids is 1. The van der Waals surface area contributed by atoms with Crippen molar-refractivity contribution in [2.24, 2.45) is 5.92 Å². The quantitative estimate of drug-likeness (QED) is 0.926. The lowest BCUT2D eigenvalue weighted by atomic mass is 9.97. The van der Waals surface area contributed by atoms with E-state index in [1.54, 1.807) is 0 Å². The number of rotatable bonds is 4. The van der Waals surface area contributed by atoms with Gasteiger partial charge in [-0.05, 0) is 57.0 Å². The molecule has 120 valence electrons. The highest BCUT2D eigenvalue weighted by atomic mass is 16.1. The Bertz CT molecular complexity index is 494. The van der Waals surface area contributed by atoms with Crippen molar-refractivity contribution in [1.29, 1.82) is 0 Å². The second kappa shape index (κ2) is 7.14. The third-order valence-electron chi connectivity index (χ3n) is 4.87. The molecule has 2 saturated heterocycles. The number of nitrogens with one attached hydrogen (secondary N) is 1. The number of nitrogens with zero attached hydrogens (tertiary/aromatic N) is 2. The topological polar surface area (TPSA) is 35.6 Å². The second-order valence-electron chi connectivity index (χ2n) is 6.68.